The van der Waals surface area contributed by atoms with E-state index in [2.05, 4.69) is 12.7 Å². The summed E-state index contributed by atoms with van der Waals surface area (Å²) in [6.07, 6.45) is 8.33. The Hall–Kier alpha value is -2.75. The van der Waals surface area contributed by atoms with Crippen molar-refractivity contribution >= 4 is 11.0 Å². The maximum atomic E-state index is 11.5. The maximum Gasteiger partial charge on any atom is 0.336 e. The summed E-state index contributed by atoms with van der Waals surface area (Å²) in [5, 5.41) is 0.885. The van der Waals surface area contributed by atoms with E-state index in [1.54, 1.807) is 6.07 Å². The third kappa shape index (κ3) is 4.22. The van der Waals surface area contributed by atoms with E-state index in [9.17, 15) is 4.79 Å². The molecule has 1 atom stereocenters. The fourth-order valence-corrected chi connectivity index (χ4v) is 3.46. The average Bonchev–Trinajstić information content (AvgIpc) is 2.66. The highest BCUT2D eigenvalue weighted by atomic mass is 16.6. The summed E-state index contributed by atoms with van der Waals surface area (Å²) in [4.78, 5) is 11.5. The number of benzene rings is 1. The Balaban J connectivity index is 1.82. The molecule has 0 amide bonds. The Bertz CT molecular complexity index is 991. The molecule has 1 aromatic heterocycles. The lowest BCUT2D eigenvalue weighted by Crippen LogP contribution is -2.47. The van der Waals surface area contributed by atoms with Crippen molar-refractivity contribution < 1.29 is 13.9 Å². The Morgan fingerprint density at radius 3 is 2.71 bits per heavy atom. The highest BCUT2D eigenvalue weighted by Gasteiger charge is 2.39. The van der Waals surface area contributed by atoms with Gasteiger partial charge in [-0.25, -0.2) is 4.79 Å². The van der Waals surface area contributed by atoms with Gasteiger partial charge >= 0.3 is 5.63 Å². The van der Waals surface area contributed by atoms with Crippen LogP contribution >= 0.6 is 0 Å². The van der Waals surface area contributed by atoms with E-state index in [0.717, 1.165) is 41.7 Å². The minimum Gasteiger partial charge on any atom is -0.491 e. The summed E-state index contributed by atoms with van der Waals surface area (Å²) in [5.74, 6) is 1.70. The van der Waals surface area contributed by atoms with E-state index in [1.165, 1.54) is 11.6 Å². The zero-order valence-corrected chi connectivity index (χ0v) is 17.1. The van der Waals surface area contributed by atoms with Crippen molar-refractivity contribution in [1.82, 2.24) is 0 Å². The first kappa shape index (κ1) is 20.0. The highest BCUT2D eigenvalue weighted by molar-refractivity contribution is 5.79. The molecule has 2 heterocycles. The number of fused-ring (bicyclic) bond motifs is 2. The van der Waals surface area contributed by atoms with E-state index in [0.29, 0.717) is 5.58 Å². The smallest absolute Gasteiger partial charge is 0.336 e. The van der Waals surface area contributed by atoms with Gasteiger partial charge < -0.3 is 13.9 Å². The van der Waals surface area contributed by atoms with Gasteiger partial charge in [0.25, 0.3) is 0 Å². The zero-order chi connectivity index (χ0) is 20.3. The molecule has 2 aromatic rings. The van der Waals surface area contributed by atoms with Crippen LogP contribution in [0.1, 0.15) is 46.1 Å². The molecule has 4 nitrogen and oxygen atoms in total. The zero-order valence-electron chi connectivity index (χ0n) is 17.1. The molecule has 1 aliphatic heterocycles. The highest BCUT2D eigenvalue weighted by Crippen LogP contribution is 2.38. The molecule has 148 valence electrons. The largest absolute Gasteiger partial charge is 0.491 e. The molecule has 0 saturated heterocycles. The Labute approximate surface area is 166 Å². The summed E-state index contributed by atoms with van der Waals surface area (Å²) in [6, 6.07) is 7.04. The van der Waals surface area contributed by atoms with Crippen LogP contribution in [0.4, 0.5) is 0 Å². The molecule has 0 fully saturated rings. The van der Waals surface area contributed by atoms with Gasteiger partial charge in [-0.15, -0.1) is 0 Å². The van der Waals surface area contributed by atoms with Crippen molar-refractivity contribution in [1.29, 1.82) is 0 Å². The van der Waals surface area contributed by atoms with Gasteiger partial charge in [0, 0.05) is 30.4 Å². The lowest BCUT2D eigenvalue weighted by molar-refractivity contribution is -0.0600. The van der Waals surface area contributed by atoms with Crippen LogP contribution in [-0.2, 0) is 11.2 Å². The first-order valence-electron chi connectivity index (χ1n) is 9.71. The number of hydrogen-bond donors (Lipinski definition) is 0. The predicted molar refractivity (Wildman–Crippen MR) is 113 cm³/mol. The molecule has 0 radical (unpaired) electrons. The standard InChI is InChI=1S/C24H28O4/c1-6-16(7-2)9-11-19(8-3)26-22-14-18-13-17-10-12-23(25)27-20(17)15-21(18)28-24(22,4)5/h6-8,10,12-13,15,22H,1,9,11,14H2,2-5H3/b16-7+,19-8-/t22-/m0/s1. The van der Waals surface area contributed by atoms with Crippen molar-refractivity contribution in [2.45, 2.75) is 58.7 Å². The van der Waals surface area contributed by atoms with E-state index in [-0.39, 0.29) is 11.7 Å². The molecule has 0 bridgehead atoms. The van der Waals surface area contributed by atoms with Gasteiger partial charge in [0.15, 0.2) is 0 Å². The first-order chi connectivity index (χ1) is 13.4. The van der Waals surface area contributed by atoms with Gasteiger partial charge in [-0.1, -0.05) is 24.3 Å². The van der Waals surface area contributed by atoms with Crippen molar-refractivity contribution in [3.8, 4) is 5.75 Å². The second kappa shape index (κ2) is 8.09. The third-order valence-electron chi connectivity index (χ3n) is 5.26. The molecule has 0 aliphatic carbocycles. The van der Waals surface area contributed by atoms with Gasteiger partial charge in [0.1, 0.15) is 23.0 Å². The van der Waals surface area contributed by atoms with Gasteiger partial charge in [-0.2, -0.15) is 0 Å². The van der Waals surface area contributed by atoms with Crippen LogP contribution in [0, 0.1) is 0 Å². The van der Waals surface area contributed by atoms with Gasteiger partial charge in [0.2, 0.25) is 0 Å². The van der Waals surface area contributed by atoms with Crippen LogP contribution in [0.15, 0.2) is 69.6 Å². The summed E-state index contributed by atoms with van der Waals surface area (Å²) in [6.45, 7) is 11.9. The molecule has 0 unspecified atom stereocenters. The third-order valence-corrected chi connectivity index (χ3v) is 5.26. The number of allylic oxidation sites excluding steroid dienone is 5. The Kier molecular flexibility index (Phi) is 5.78. The summed E-state index contributed by atoms with van der Waals surface area (Å²) in [7, 11) is 0. The summed E-state index contributed by atoms with van der Waals surface area (Å²) in [5.41, 5.74) is 1.94. The van der Waals surface area contributed by atoms with Crippen molar-refractivity contribution in [2.75, 3.05) is 0 Å². The molecule has 28 heavy (non-hydrogen) atoms. The van der Waals surface area contributed by atoms with Crippen LogP contribution in [-0.4, -0.2) is 11.7 Å². The second-order valence-electron chi connectivity index (χ2n) is 7.59. The fourth-order valence-electron chi connectivity index (χ4n) is 3.46. The molecule has 3 rings (SSSR count). The van der Waals surface area contributed by atoms with E-state index in [4.69, 9.17) is 13.9 Å². The molecular formula is C24H28O4. The number of hydrogen-bond acceptors (Lipinski definition) is 4. The number of rotatable bonds is 6. The van der Waals surface area contributed by atoms with Crippen LogP contribution in [0.25, 0.3) is 11.0 Å². The van der Waals surface area contributed by atoms with Gasteiger partial charge in [-0.3, -0.25) is 0 Å². The van der Waals surface area contributed by atoms with Gasteiger partial charge in [0.05, 0.1) is 5.76 Å². The molecule has 1 aliphatic rings. The van der Waals surface area contributed by atoms with Crippen LogP contribution in [0.5, 0.6) is 5.75 Å². The molecule has 0 saturated carbocycles. The Morgan fingerprint density at radius 1 is 1.25 bits per heavy atom. The summed E-state index contributed by atoms with van der Waals surface area (Å²) >= 11 is 0. The molecule has 4 heteroatoms. The normalized spacial score (nSPS) is 19.1. The minimum absolute atomic E-state index is 0.114. The fraction of sp³-hybridized carbons (Fsp3) is 0.375. The average molecular weight is 380 g/mol. The lowest BCUT2D eigenvalue weighted by atomic mass is 9.90. The molecule has 0 N–H and O–H groups in total. The lowest BCUT2D eigenvalue weighted by Gasteiger charge is -2.40. The van der Waals surface area contributed by atoms with Crippen LogP contribution in [0.3, 0.4) is 0 Å². The summed E-state index contributed by atoms with van der Waals surface area (Å²) < 4.78 is 17.9. The minimum atomic E-state index is -0.508. The SMILES string of the molecule is C=C/C(=C\C)CC/C(=C/C)O[C@H]1Cc2cc3ccc(=O)oc3cc2OC1(C)C. The van der Waals surface area contributed by atoms with Crippen molar-refractivity contribution in [3.05, 3.63) is 76.4 Å². The number of ether oxygens (including phenoxy) is 2. The van der Waals surface area contributed by atoms with Crippen LogP contribution in [0.2, 0.25) is 0 Å². The molecular weight excluding hydrogens is 352 g/mol. The van der Waals surface area contributed by atoms with Crippen molar-refractivity contribution in [2.24, 2.45) is 0 Å². The van der Waals surface area contributed by atoms with Crippen molar-refractivity contribution in [3.63, 3.8) is 0 Å². The monoisotopic (exact) mass is 380 g/mol. The van der Waals surface area contributed by atoms with E-state index < -0.39 is 5.60 Å². The van der Waals surface area contributed by atoms with E-state index in [1.807, 2.05) is 52.0 Å². The molecule has 1 aromatic carbocycles. The quantitative estimate of drug-likeness (QED) is 0.366. The second-order valence-corrected chi connectivity index (χ2v) is 7.59. The van der Waals surface area contributed by atoms with Gasteiger partial charge in [-0.05, 0) is 57.9 Å². The Morgan fingerprint density at radius 2 is 2.04 bits per heavy atom. The topological polar surface area (TPSA) is 48.7 Å². The predicted octanol–water partition coefficient (Wildman–Crippen LogP) is 5.71. The van der Waals surface area contributed by atoms with Crippen LogP contribution < -0.4 is 10.4 Å². The first-order valence-corrected chi connectivity index (χ1v) is 9.71. The molecule has 0 spiro atoms. The van der Waals surface area contributed by atoms with E-state index >= 15 is 0 Å². The maximum absolute atomic E-state index is 11.5.